The topological polar surface area (TPSA) is 84.0 Å². The number of Topliss-reactive ketones (excluding diaryl/α,β-unsaturated/α-hetero) is 1. The van der Waals surface area contributed by atoms with Gasteiger partial charge in [-0.3, -0.25) is 9.69 Å². The fourth-order valence-corrected chi connectivity index (χ4v) is 5.92. The van der Waals surface area contributed by atoms with E-state index in [-0.39, 0.29) is 27.3 Å². The van der Waals surface area contributed by atoms with Gasteiger partial charge in [-0.05, 0) is 37.6 Å². The average Bonchev–Trinajstić information content (AvgIpc) is 2.82. The zero-order valence-corrected chi connectivity index (χ0v) is 19.1. The Morgan fingerprint density at radius 2 is 1.81 bits per heavy atom. The van der Waals surface area contributed by atoms with Crippen LogP contribution in [-0.4, -0.2) is 68.2 Å². The van der Waals surface area contributed by atoms with E-state index in [1.54, 1.807) is 30.3 Å². The third kappa shape index (κ3) is 4.88. The van der Waals surface area contributed by atoms with Gasteiger partial charge in [0.05, 0.1) is 15.5 Å². The summed E-state index contributed by atoms with van der Waals surface area (Å²) in [6, 6.07) is 12.7. The zero-order valence-electron chi connectivity index (χ0n) is 17.6. The molecule has 0 aromatic heterocycles. The number of sulfonamides is 1. The number of piperazine rings is 1. The Bertz CT molecular complexity index is 1110. The number of halogens is 1. The Balaban J connectivity index is 1.48. The van der Waals surface area contributed by atoms with E-state index in [0.29, 0.717) is 25.2 Å². The number of ketones is 1. The van der Waals surface area contributed by atoms with Gasteiger partial charge < -0.3 is 4.74 Å². The summed E-state index contributed by atoms with van der Waals surface area (Å²) >= 11 is 6.15. The number of hydrogen-bond donors (Lipinski definition) is 0. The summed E-state index contributed by atoms with van der Waals surface area (Å²) < 4.78 is 33.1. The average molecular weight is 477 g/mol. The van der Waals surface area contributed by atoms with Crippen molar-refractivity contribution >= 4 is 33.4 Å². The fourth-order valence-electron chi connectivity index (χ4n) is 4.23. The molecule has 9 heteroatoms. The molecule has 4 rings (SSSR count). The highest BCUT2D eigenvalue weighted by atomic mass is 35.5. The van der Waals surface area contributed by atoms with Gasteiger partial charge in [-0.25, -0.2) is 13.2 Å². The molecular formula is C23H25ClN2O5S. The van der Waals surface area contributed by atoms with Crippen LogP contribution in [0.25, 0.3) is 0 Å². The van der Waals surface area contributed by atoms with Crippen molar-refractivity contribution in [2.75, 3.05) is 32.8 Å². The largest absolute Gasteiger partial charge is 0.454 e. The molecule has 7 nitrogen and oxygen atoms in total. The van der Waals surface area contributed by atoms with E-state index in [2.05, 4.69) is 4.90 Å². The predicted octanol–water partition coefficient (Wildman–Crippen LogP) is 3.24. The summed E-state index contributed by atoms with van der Waals surface area (Å²) in [6.07, 6.45) is 3.24. The van der Waals surface area contributed by atoms with Crippen molar-refractivity contribution < 1.29 is 22.7 Å². The van der Waals surface area contributed by atoms with Crippen LogP contribution in [0.2, 0.25) is 5.02 Å². The summed E-state index contributed by atoms with van der Waals surface area (Å²) in [4.78, 5) is 27.1. The van der Waals surface area contributed by atoms with Crippen LogP contribution in [0.15, 0.2) is 53.4 Å². The minimum atomic E-state index is -3.79. The van der Waals surface area contributed by atoms with Crippen LogP contribution in [0.5, 0.6) is 0 Å². The molecule has 32 heavy (non-hydrogen) atoms. The highest BCUT2D eigenvalue weighted by Gasteiger charge is 2.35. The lowest BCUT2D eigenvalue weighted by Gasteiger charge is -2.43. The molecule has 0 saturated carbocycles. The molecule has 2 aromatic rings. The first kappa shape index (κ1) is 22.9. The SMILES string of the molecule is O=C(COC(=O)c1cc(S(=O)(=O)N2CCN3CCCCC3C2)ccc1Cl)c1ccccc1. The summed E-state index contributed by atoms with van der Waals surface area (Å²) in [5.74, 6) is -1.20. The summed E-state index contributed by atoms with van der Waals surface area (Å²) in [5.41, 5.74) is 0.342. The number of esters is 1. The maximum Gasteiger partial charge on any atom is 0.340 e. The van der Waals surface area contributed by atoms with Crippen molar-refractivity contribution in [2.24, 2.45) is 0 Å². The highest BCUT2D eigenvalue weighted by Crippen LogP contribution is 2.28. The van der Waals surface area contributed by atoms with Crippen molar-refractivity contribution in [1.29, 1.82) is 0 Å². The first-order valence-electron chi connectivity index (χ1n) is 10.7. The van der Waals surface area contributed by atoms with Crippen molar-refractivity contribution in [1.82, 2.24) is 9.21 Å². The van der Waals surface area contributed by atoms with Crippen LogP contribution in [0.3, 0.4) is 0 Å². The number of nitrogens with zero attached hydrogens (tertiary/aromatic N) is 2. The number of ether oxygens (including phenoxy) is 1. The first-order chi connectivity index (χ1) is 15.4. The third-order valence-corrected chi connectivity index (χ3v) is 8.22. The van der Waals surface area contributed by atoms with Crippen molar-refractivity contribution in [3.8, 4) is 0 Å². The minimum Gasteiger partial charge on any atom is -0.454 e. The van der Waals surface area contributed by atoms with Gasteiger partial charge in [-0.2, -0.15) is 4.31 Å². The number of benzene rings is 2. The number of carbonyl (C=O) groups excluding carboxylic acids is 2. The predicted molar refractivity (Wildman–Crippen MR) is 120 cm³/mol. The Labute approximate surface area is 193 Å². The molecule has 0 aliphatic carbocycles. The van der Waals surface area contributed by atoms with E-state index in [0.717, 1.165) is 25.8 Å². The molecule has 1 atom stereocenters. The van der Waals surface area contributed by atoms with Gasteiger partial charge in [0.25, 0.3) is 0 Å². The molecule has 1 unspecified atom stereocenters. The molecule has 2 aromatic carbocycles. The first-order valence-corrected chi connectivity index (χ1v) is 12.5. The van der Waals surface area contributed by atoms with E-state index in [1.165, 1.54) is 22.5 Å². The van der Waals surface area contributed by atoms with Gasteiger partial charge in [0.2, 0.25) is 10.0 Å². The summed E-state index contributed by atoms with van der Waals surface area (Å²) in [5, 5.41) is 0.0678. The van der Waals surface area contributed by atoms with E-state index >= 15 is 0 Å². The monoisotopic (exact) mass is 476 g/mol. The van der Waals surface area contributed by atoms with E-state index in [9.17, 15) is 18.0 Å². The smallest absolute Gasteiger partial charge is 0.340 e. The Hall–Kier alpha value is -2.26. The third-order valence-electron chi connectivity index (χ3n) is 6.03. The van der Waals surface area contributed by atoms with Crippen LogP contribution >= 0.6 is 11.6 Å². The molecule has 0 N–H and O–H groups in total. The van der Waals surface area contributed by atoms with Gasteiger partial charge in [0.15, 0.2) is 12.4 Å². The second-order valence-corrected chi connectivity index (χ2v) is 10.4. The molecule has 0 bridgehead atoms. The maximum absolute atomic E-state index is 13.3. The Morgan fingerprint density at radius 3 is 2.59 bits per heavy atom. The molecule has 0 spiro atoms. The van der Waals surface area contributed by atoms with Crippen LogP contribution in [0.4, 0.5) is 0 Å². The van der Waals surface area contributed by atoms with Crippen molar-refractivity contribution in [2.45, 2.75) is 30.2 Å². The molecule has 2 heterocycles. The molecule has 0 amide bonds. The molecule has 0 radical (unpaired) electrons. The Kier molecular flexibility index (Phi) is 6.95. The number of hydrogen-bond acceptors (Lipinski definition) is 6. The molecule has 2 fully saturated rings. The fraction of sp³-hybridized carbons (Fsp3) is 0.391. The zero-order chi connectivity index (χ0) is 22.7. The second kappa shape index (κ2) is 9.70. The molecule has 2 aliphatic rings. The lowest BCUT2D eigenvalue weighted by molar-refractivity contribution is 0.0474. The Morgan fingerprint density at radius 1 is 1.03 bits per heavy atom. The standard InChI is InChI=1S/C23H25ClN2O5S/c24-21-10-9-19(32(29,30)26-13-12-25-11-5-4-8-18(25)15-26)14-20(21)23(28)31-16-22(27)17-6-2-1-3-7-17/h1-3,6-7,9-10,14,18H,4-5,8,11-13,15-16H2. The van der Waals surface area contributed by atoms with Crippen LogP contribution in [-0.2, 0) is 14.8 Å². The lowest BCUT2D eigenvalue weighted by Crippen LogP contribution is -2.56. The van der Waals surface area contributed by atoms with Crippen LogP contribution in [0.1, 0.15) is 40.0 Å². The highest BCUT2D eigenvalue weighted by molar-refractivity contribution is 7.89. The van der Waals surface area contributed by atoms with Crippen molar-refractivity contribution in [3.05, 3.63) is 64.7 Å². The van der Waals surface area contributed by atoms with E-state index in [1.807, 2.05) is 0 Å². The minimum absolute atomic E-state index is 0.00695. The van der Waals surface area contributed by atoms with Crippen LogP contribution < -0.4 is 0 Å². The lowest BCUT2D eigenvalue weighted by atomic mass is 10.0. The van der Waals surface area contributed by atoms with E-state index in [4.69, 9.17) is 16.3 Å². The van der Waals surface area contributed by atoms with Gasteiger partial charge in [-0.1, -0.05) is 48.4 Å². The molecule has 2 saturated heterocycles. The van der Waals surface area contributed by atoms with Gasteiger partial charge in [-0.15, -0.1) is 0 Å². The quantitative estimate of drug-likeness (QED) is 0.470. The van der Waals surface area contributed by atoms with Gasteiger partial charge in [0.1, 0.15) is 0 Å². The number of piperidine rings is 1. The van der Waals surface area contributed by atoms with Crippen LogP contribution in [0, 0.1) is 0 Å². The number of fused-ring (bicyclic) bond motifs is 1. The number of carbonyl (C=O) groups is 2. The number of rotatable bonds is 6. The van der Waals surface area contributed by atoms with Gasteiger partial charge >= 0.3 is 5.97 Å². The second-order valence-electron chi connectivity index (χ2n) is 8.06. The molecular weight excluding hydrogens is 452 g/mol. The molecule has 170 valence electrons. The van der Waals surface area contributed by atoms with Gasteiger partial charge in [0, 0.05) is 31.2 Å². The normalized spacial score (nSPS) is 19.8. The van der Waals surface area contributed by atoms with Crippen molar-refractivity contribution in [3.63, 3.8) is 0 Å². The maximum atomic E-state index is 13.3. The molecule has 2 aliphatic heterocycles. The summed E-state index contributed by atoms with van der Waals surface area (Å²) in [6.45, 7) is 2.11. The summed E-state index contributed by atoms with van der Waals surface area (Å²) in [7, 11) is -3.79. The van der Waals surface area contributed by atoms with E-state index < -0.39 is 22.6 Å².